The minimum Gasteiger partial charge on any atom is -0.262 e. The summed E-state index contributed by atoms with van der Waals surface area (Å²) >= 11 is 0. The van der Waals surface area contributed by atoms with E-state index in [1.165, 1.54) is 10.9 Å². The molecular formula is C7H11F3N4O2S. The van der Waals surface area contributed by atoms with Gasteiger partial charge in [-0.05, 0) is 6.42 Å². The molecule has 0 saturated carbocycles. The summed E-state index contributed by atoms with van der Waals surface area (Å²) in [4.78, 5) is 0. The van der Waals surface area contributed by atoms with Gasteiger partial charge in [-0.15, -0.1) is 0 Å². The zero-order valence-corrected chi connectivity index (χ0v) is 9.61. The number of aryl methyl sites for hydroxylation is 1. The molecular weight excluding hydrogens is 261 g/mol. The molecule has 0 aromatic carbocycles. The van der Waals surface area contributed by atoms with E-state index in [9.17, 15) is 21.6 Å². The van der Waals surface area contributed by atoms with Crippen LogP contribution in [0.2, 0.25) is 0 Å². The minimum atomic E-state index is -4.60. The number of H-pyrrole nitrogens is 1. The number of anilines is 1. The smallest absolute Gasteiger partial charge is 0.262 e. The molecule has 1 heterocycles. The van der Waals surface area contributed by atoms with Crippen LogP contribution in [0.1, 0.15) is 12.5 Å². The van der Waals surface area contributed by atoms with E-state index in [4.69, 9.17) is 0 Å². The van der Waals surface area contributed by atoms with Gasteiger partial charge in [-0.25, -0.2) is 0 Å². The second-order valence-corrected chi connectivity index (χ2v) is 4.67. The Hall–Kier alpha value is -1.29. The summed E-state index contributed by atoms with van der Waals surface area (Å²) in [5, 5.41) is 5.93. The predicted molar refractivity (Wildman–Crippen MR) is 54.6 cm³/mol. The lowest BCUT2D eigenvalue weighted by Gasteiger charge is -2.10. The third-order valence-corrected chi connectivity index (χ3v) is 2.80. The molecule has 3 N–H and O–H groups in total. The number of aromatic amines is 1. The van der Waals surface area contributed by atoms with Gasteiger partial charge in [0.05, 0.1) is 6.20 Å². The number of hydrogen-bond acceptors (Lipinski definition) is 3. The van der Waals surface area contributed by atoms with Crippen LogP contribution in [0.15, 0.2) is 6.20 Å². The Morgan fingerprint density at radius 1 is 1.47 bits per heavy atom. The van der Waals surface area contributed by atoms with Gasteiger partial charge in [0, 0.05) is 5.56 Å². The third kappa shape index (κ3) is 4.61. The topological polar surface area (TPSA) is 86.9 Å². The quantitative estimate of drug-likeness (QED) is 0.740. The van der Waals surface area contributed by atoms with Gasteiger partial charge in [-0.1, -0.05) is 6.92 Å². The molecule has 0 atom stereocenters. The standard InChI is InChI=1S/C7H11F3N4O2S/c1-2-5-3-11-13-6(5)14-17(15,16)12-4-7(8,9)10/h3,12H,2,4H2,1H3,(H2,11,13,14). The molecule has 0 fully saturated rings. The van der Waals surface area contributed by atoms with E-state index >= 15 is 0 Å². The highest BCUT2D eigenvalue weighted by Crippen LogP contribution is 2.15. The van der Waals surface area contributed by atoms with E-state index < -0.39 is 22.9 Å². The Morgan fingerprint density at radius 3 is 2.65 bits per heavy atom. The average molecular weight is 272 g/mol. The van der Waals surface area contributed by atoms with Crippen molar-refractivity contribution in [3.8, 4) is 0 Å². The van der Waals surface area contributed by atoms with Gasteiger partial charge < -0.3 is 0 Å². The molecule has 0 aliphatic rings. The van der Waals surface area contributed by atoms with Crippen LogP contribution in [0.25, 0.3) is 0 Å². The second-order valence-electron chi connectivity index (χ2n) is 3.17. The van der Waals surface area contributed by atoms with Crippen molar-refractivity contribution in [1.82, 2.24) is 14.9 Å². The molecule has 0 saturated heterocycles. The van der Waals surface area contributed by atoms with Crippen molar-refractivity contribution in [3.63, 3.8) is 0 Å². The van der Waals surface area contributed by atoms with Gasteiger partial charge in [-0.3, -0.25) is 9.82 Å². The maximum Gasteiger partial charge on any atom is 0.402 e. The predicted octanol–water partition coefficient (Wildman–Crippen LogP) is 0.781. The summed E-state index contributed by atoms with van der Waals surface area (Å²) in [5.74, 6) is 0.0576. The summed E-state index contributed by atoms with van der Waals surface area (Å²) in [5.41, 5.74) is 0.558. The lowest BCUT2D eigenvalue weighted by molar-refractivity contribution is -0.121. The molecule has 0 spiro atoms. The molecule has 17 heavy (non-hydrogen) atoms. The summed E-state index contributed by atoms with van der Waals surface area (Å²) < 4.78 is 61.3. The number of alkyl halides is 3. The molecule has 6 nitrogen and oxygen atoms in total. The molecule has 0 radical (unpaired) electrons. The van der Waals surface area contributed by atoms with Crippen molar-refractivity contribution >= 4 is 16.0 Å². The maximum atomic E-state index is 11.8. The van der Waals surface area contributed by atoms with Crippen LogP contribution in [0, 0.1) is 0 Å². The summed E-state index contributed by atoms with van der Waals surface area (Å²) in [6, 6.07) is 0. The first kappa shape index (κ1) is 13.8. The fourth-order valence-electron chi connectivity index (χ4n) is 1.01. The highest BCUT2D eigenvalue weighted by Gasteiger charge is 2.29. The van der Waals surface area contributed by atoms with Gasteiger partial charge >= 0.3 is 16.4 Å². The van der Waals surface area contributed by atoms with Crippen molar-refractivity contribution in [3.05, 3.63) is 11.8 Å². The Labute approximate surface area is 95.8 Å². The van der Waals surface area contributed by atoms with E-state index in [0.717, 1.165) is 0 Å². The van der Waals surface area contributed by atoms with Gasteiger partial charge in [-0.2, -0.15) is 31.4 Å². The van der Waals surface area contributed by atoms with Crippen molar-refractivity contribution in [2.24, 2.45) is 0 Å². The first-order chi connectivity index (χ1) is 7.73. The monoisotopic (exact) mass is 272 g/mol. The fraction of sp³-hybridized carbons (Fsp3) is 0.571. The highest BCUT2D eigenvalue weighted by atomic mass is 32.2. The zero-order chi connectivity index (χ0) is 13.1. The molecule has 1 aromatic heterocycles. The van der Waals surface area contributed by atoms with E-state index in [2.05, 4.69) is 10.2 Å². The number of aromatic nitrogens is 2. The fourth-order valence-corrected chi connectivity index (χ4v) is 1.89. The van der Waals surface area contributed by atoms with Crippen LogP contribution in [-0.2, 0) is 16.6 Å². The van der Waals surface area contributed by atoms with Gasteiger partial charge in [0.2, 0.25) is 0 Å². The Morgan fingerprint density at radius 2 is 2.12 bits per heavy atom. The summed E-state index contributed by atoms with van der Waals surface area (Å²) in [6.07, 6.45) is -2.72. The SMILES string of the molecule is CCc1cn[nH]c1NS(=O)(=O)NCC(F)(F)F. The normalized spacial score (nSPS) is 12.7. The van der Waals surface area contributed by atoms with E-state index in [1.54, 1.807) is 6.92 Å². The Balaban J connectivity index is 2.67. The lowest BCUT2D eigenvalue weighted by atomic mass is 10.3. The number of halogens is 3. The van der Waals surface area contributed by atoms with Crippen molar-refractivity contribution in [2.75, 3.05) is 11.3 Å². The first-order valence-electron chi connectivity index (χ1n) is 4.60. The van der Waals surface area contributed by atoms with Crippen molar-refractivity contribution in [1.29, 1.82) is 0 Å². The minimum absolute atomic E-state index is 0.0576. The van der Waals surface area contributed by atoms with Crippen molar-refractivity contribution < 1.29 is 21.6 Å². The van der Waals surface area contributed by atoms with Gasteiger partial charge in [0.1, 0.15) is 12.4 Å². The molecule has 10 heteroatoms. The van der Waals surface area contributed by atoms with Crippen LogP contribution < -0.4 is 9.44 Å². The Bertz CT molecular complexity index is 468. The van der Waals surface area contributed by atoms with E-state index in [0.29, 0.717) is 12.0 Å². The number of nitrogens with zero attached hydrogens (tertiary/aromatic N) is 1. The van der Waals surface area contributed by atoms with Crippen LogP contribution >= 0.6 is 0 Å². The molecule has 0 aliphatic carbocycles. The van der Waals surface area contributed by atoms with Gasteiger partial charge in [0.25, 0.3) is 0 Å². The summed E-state index contributed by atoms with van der Waals surface area (Å²) in [7, 11) is -4.26. The number of hydrogen-bond donors (Lipinski definition) is 3. The van der Waals surface area contributed by atoms with Crippen LogP contribution in [0.4, 0.5) is 19.0 Å². The molecule has 98 valence electrons. The largest absolute Gasteiger partial charge is 0.402 e. The number of nitrogens with one attached hydrogen (secondary N) is 3. The maximum absolute atomic E-state index is 11.8. The Kier molecular flexibility index (Phi) is 3.98. The van der Waals surface area contributed by atoms with E-state index in [1.807, 2.05) is 4.72 Å². The average Bonchev–Trinajstić information content (AvgIpc) is 2.61. The zero-order valence-electron chi connectivity index (χ0n) is 8.80. The molecule has 0 aliphatic heterocycles. The highest BCUT2D eigenvalue weighted by molar-refractivity contribution is 7.90. The van der Waals surface area contributed by atoms with Crippen LogP contribution in [0.3, 0.4) is 0 Å². The molecule has 1 rings (SSSR count). The first-order valence-corrected chi connectivity index (χ1v) is 6.08. The summed E-state index contributed by atoms with van der Waals surface area (Å²) in [6.45, 7) is 0.129. The van der Waals surface area contributed by atoms with Gasteiger partial charge in [0.15, 0.2) is 0 Å². The van der Waals surface area contributed by atoms with Crippen molar-refractivity contribution in [2.45, 2.75) is 19.5 Å². The molecule has 0 amide bonds. The third-order valence-electron chi connectivity index (χ3n) is 1.80. The number of rotatable bonds is 5. The van der Waals surface area contributed by atoms with Crippen LogP contribution in [0.5, 0.6) is 0 Å². The second kappa shape index (κ2) is 4.92. The molecule has 0 bridgehead atoms. The van der Waals surface area contributed by atoms with E-state index in [-0.39, 0.29) is 5.82 Å². The van der Waals surface area contributed by atoms with Crippen LogP contribution in [-0.4, -0.2) is 31.3 Å². The lowest BCUT2D eigenvalue weighted by Crippen LogP contribution is -2.37. The molecule has 0 unspecified atom stereocenters. The molecule has 1 aromatic rings.